The minimum Gasteiger partial charge on any atom is -0.314 e. The average Bonchev–Trinajstić information content (AvgIpc) is 2.09. The largest absolute Gasteiger partial charge is 0.314 e. The Bertz CT molecular complexity index is 101. The molecule has 1 fully saturated rings. The minimum atomic E-state index is -0.188. The molecule has 1 aliphatic heterocycles. The number of hydrogen-bond acceptors (Lipinski definition) is 2. The highest BCUT2D eigenvalue weighted by Gasteiger charge is 2.20. The molecule has 1 atom stereocenters. The van der Waals surface area contributed by atoms with Crippen molar-refractivity contribution in [2.45, 2.75) is 25.8 Å². The first kappa shape index (κ1) is 9.93. The van der Waals surface area contributed by atoms with E-state index in [0.29, 0.717) is 12.5 Å². The molecule has 0 amide bonds. The first-order chi connectivity index (χ1) is 5.88. The van der Waals surface area contributed by atoms with Crippen LogP contribution in [-0.2, 0) is 0 Å². The molecule has 0 saturated carbocycles. The Morgan fingerprint density at radius 1 is 1.58 bits per heavy atom. The van der Waals surface area contributed by atoms with Crippen molar-refractivity contribution < 1.29 is 4.39 Å². The summed E-state index contributed by atoms with van der Waals surface area (Å²) in [7, 11) is 0. The van der Waals surface area contributed by atoms with E-state index in [1.807, 2.05) is 0 Å². The van der Waals surface area contributed by atoms with Crippen LogP contribution in [-0.4, -0.2) is 43.8 Å². The number of alkyl halides is 1. The van der Waals surface area contributed by atoms with Crippen LogP contribution < -0.4 is 5.32 Å². The van der Waals surface area contributed by atoms with Crippen molar-refractivity contribution in [3.05, 3.63) is 0 Å². The van der Waals surface area contributed by atoms with Gasteiger partial charge in [-0.3, -0.25) is 9.29 Å². The van der Waals surface area contributed by atoms with Gasteiger partial charge in [0.1, 0.15) is 0 Å². The third-order valence-corrected chi connectivity index (χ3v) is 2.43. The van der Waals surface area contributed by atoms with Crippen LogP contribution in [0.3, 0.4) is 0 Å². The average molecular weight is 174 g/mol. The van der Waals surface area contributed by atoms with Gasteiger partial charge in [-0.05, 0) is 19.4 Å². The normalized spacial score (nSPS) is 26.0. The number of halogens is 1. The molecule has 1 unspecified atom stereocenters. The van der Waals surface area contributed by atoms with E-state index >= 15 is 0 Å². The van der Waals surface area contributed by atoms with Crippen molar-refractivity contribution >= 4 is 0 Å². The van der Waals surface area contributed by atoms with Crippen molar-refractivity contribution in [2.75, 3.05) is 32.9 Å². The highest BCUT2D eigenvalue weighted by molar-refractivity contribution is 4.78. The van der Waals surface area contributed by atoms with Gasteiger partial charge in [-0.15, -0.1) is 0 Å². The lowest BCUT2D eigenvalue weighted by atomic mass is 10.1. The maximum Gasteiger partial charge on any atom is 0.0909 e. The van der Waals surface area contributed by atoms with E-state index in [1.165, 1.54) is 6.42 Å². The van der Waals surface area contributed by atoms with Crippen LogP contribution in [0, 0.1) is 0 Å². The summed E-state index contributed by atoms with van der Waals surface area (Å²) in [5, 5.41) is 3.30. The Morgan fingerprint density at radius 3 is 3.08 bits per heavy atom. The topological polar surface area (TPSA) is 15.3 Å². The Kier molecular flexibility index (Phi) is 4.54. The summed E-state index contributed by atoms with van der Waals surface area (Å²) in [4.78, 5) is 2.40. The maximum atomic E-state index is 12.1. The molecule has 0 aromatic rings. The number of piperazine rings is 1. The second-order valence-corrected chi connectivity index (χ2v) is 3.37. The Hall–Kier alpha value is -0.150. The van der Waals surface area contributed by atoms with E-state index in [0.717, 1.165) is 26.2 Å². The van der Waals surface area contributed by atoms with Gasteiger partial charge in [-0.1, -0.05) is 6.92 Å². The molecule has 0 aliphatic carbocycles. The first-order valence-corrected chi connectivity index (χ1v) is 4.89. The summed E-state index contributed by atoms with van der Waals surface area (Å²) in [6.45, 7) is 6.21. The summed E-state index contributed by atoms with van der Waals surface area (Å²) in [5.74, 6) is 0. The molecule has 1 heterocycles. The monoisotopic (exact) mass is 174 g/mol. The molecule has 2 nitrogen and oxygen atoms in total. The van der Waals surface area contributed by atoms with Gasteiger partial charge < -0.3 is 5.32 Å². The van der Waals surface area contributed by atoms with Crippen molar-refractivity contribution in [3.8, 4) is 0 Å². The second-order valence-electron chi connectivity index (χ2n) is 3.37. The minimum absolute atomic E-state index is 0.188. The molecule has 0 aromatic carbocycles. The number of nitrogens with one attached hydrogen (secondary N) is 1. The van der Waals surface area contributed by atoms with Crippen LogP contribution in [0.15, 0.2) is 0 Å². The lowest BCUT2D eigenvalue weighted by Crippen LogP contribution is -2.51. The van der Waals surface area contributed by atoms with E-state index < -0.39 is 0 Å². The first-order valence-electron chi connectivity index (χ1n) is 4.89. The number of rotatable bonds is 4. The van der Waals surface area contributed by atoms with Crippen LogP contribution in [0.2, 0.25) is 0 Å². The van der Waals surface area contributed by atoms with Gasteiger partial charge >= 0.3 is 0 Å². The zero-order valence-corrected chi connectivity index (χ0v) is 7.85. The van der Waals surface area contributed by atoms with Crippen LogP contribution >= 0.6 is 0 Å². The lowest BCUT2D eigenvalue weighted by Gasteiger charge is -2.35. The molecular formula is C9H19FN2. The van der Waals surface area contributed by atoms with Gasteiger partial charge in [0.15, 0.2) is 0 Å². The summed E-state index contributed by atoms with van der Waals surface area (Å²) in [6, 6.07) is 0.434. The van der Waals surface area contributed by atoms with Crippen LogP contribution in [0.5, 0.6) is 0 Å². The van der Waals surface area contributed by atoms with Gasteiger partial charge in [0.25, 0.3) is 0 Å². The highest BCUT2D eigenvalue weighted by atomic mass is 19.1. The zero-order chi connectivity index (χ0) is 8.81. The Balaban J connectivity index is 2.31. The SMILES string of the molecule is CCCN1CCNCC1CCF. The fraction of sp³-hybridized carbons (Fsp3) is 1.00. The fourth-order valence-electron chi connectivity index (χ4n) is 1.80. The number of nitrogens with zero attached hydrogens (tertiary/aromatic N) is 1. The van der Waals surface area contributed by atoms with Gasteiger partial charge in [-0.2, -0.15) is 0 Å². The predicted molar refractivity (Wildman–Crippen MR) is 49.1 cm³/mol. The lowest BCUT2D eigenvalue weighted by molar-refractivity contribution is 0.146. The van der Waals surface area contributed by atoms with Crippen molar-refractivity contribution in [3.63, 3.8) is 0 Å². The van der Waals surface area contributed by atoms with Crippen LogP contribution in [0.25, 0.3) is 0 Å². The molecule has 0 aromatic heterocycles. The van der Waals surface area contributed by atoms with Crippen molar-refractivity contribution in [1.82, 2.24) is 10.2 Å². The van der Waals surface area contributed by atoms with Crippen LogP contribution in [0.4, 0.5) is 4.39 Å². The summed E-state index contributed by atoms with van der Waals surface area (Å²) in [5.41, 5.74) is 0. The van der Waals surface area contributed by atoms with Gasteiger partial charge in [-0.25, -0.2) is 0 Å². The predicted octanol–water partition coefficient (Wildman–Crippen LogP) is 1.03. The smallest absolute Gasteiger partial charge is 0.0909 e. The van der Waals surface area contributed by atoms with E-state index in [1.54, 1.807) is 0 Å². The Labute approximate surface area is 74.1 Å². The fourth-order valence-corrected chi connectivity index (χ4v) is 1.80. The molecule has 1 saturated heterocycles. The van der Waals surface area contributed by atoms with Gasteiger partial charge in [0.05, 0.1) is 6.67 Å². The summed E-state index contributed by atoms with van der Waals surface area (Å²) in [6.07, 6.45) is 1.86. The molecule has 1 N–H and O–H groups in total. The zero-order valence-electron chi connectivity index (χ0n) is 7.85. The Morgan fingerprint density at radius 2 is 2.42 bits per heavy atom. The van der Waals surface area contributed by atoms with E-state index in [2.05, 4.69) is 17.1 Å². The van der Waals surface area contributed by atoms with Crippen molar-refractivity contribution in [1.29, 1.82) is 0 Å². The highest BCUT2D eigenvalue weighted by Crippen LogP contribution is 2.07. The summed E-state index contributed by atoms with van der Waals surface area (Å²) < 4.78 is 12.1. The van der Waals surface area contributed by atoms with Crippen molar-refractivity contribution in [2.24, 2.45) is 0 Å². The molecule has 3 heteroatoms. The van der Waals surface area contributed by atoms with E-state index in [9.17, 15) is 4.39 Å². The molecule has 0 spiro atoms. The maximum absolute atomic E-state index is 12.1. The molecule has 12 heavy (non-hydrogen) atoms. The standard InChI is InChI=1S/C9H19FN2/c1-2-6-12-7-5-11-8-9(12)3-4-10/h9,11H,2-8H2,1H3. The summed E-state index contributed by atoms with van der Waals surface area (Å²) >= 11 is 0. The molecule has 0 bridgehead atoms. The molecule has 1 rings (SSSR count). The van der Waals surface area contributed by atoms with E-state index in [4.69, 9.17) is 0 Å². The molecule has 1 aliphatic rings. The quantitative estimate of drug-likeness (QED) is 0.685. The van der Waals surface area contributed by atoms with Gasteiger partial charge in [0, 0.05) is 25.7 Å². The van der Waals surface area contributed by atoms with Gasteiger partial charge in [0.2, 0.25) is 0 Å². The third-order valence-electron chi connectivity index (χ3n) is 2.43. The number of hydrogen-bond donors (Lipinski definition) is 1. The van der Waals surface area contributed by atoms with Crippen LogP contribution in [0.1, 0.15) is 19.8 Å². The molecule has 72 valence electrons. The second kappa shape index (κ2) is 5.49. The van der Waals surface area contributed by atoms with E-state index in [-0.39, 0.29) is 6.67 Å². The third kappa shape index (κ3) is 2.72. The molecule has 0 radical (unpaired) electrons. The molecular weight excluding hydrogens is 155 g/mol.